The maximum Gasteiger partial charge on any atom is 0.124 e. The summed E-state index contributed by atoms with van der Waals surface area (Å²) in [7, 11) is 0. The second-order valence-corrected chi connectivity index (χ2v) is 4.85. The summed E-state index contributed by atoms with van der Waals surface area (Å²) in [5.41, 5.74) is 1.17. The molecule has 0 fully saturated rings. The molecule has 0 saturated heterocycles. The van der Waals surface area contributed by atoms with Crippen LogP contribution >= 0.6 is 23.4 Å². The van der Waals surface area contributed by atoms with Crippen LogP contribution in [0, 0.1) is 5.82 Å². The van der Waals surface area contributed by atoms with E-state index < -0.39 is 0 Å². The number of hydrogen-bond acceptors (Lipinski definition) is 1. The molecule has 2 rings (SSSR count). The van der Waals surface area contributed by atoms with Crippen molar-refractivity contribution in [1.82, 2.24) is 0 Å². The van der Waals surface area contributed by atoms with E-state index in [-0.39, 0.29) is 10.5 Å². The van der Waals surface area contributed by atoms with Crippen LogP contribution in [0.3, 0.4) is 0 Å². The summed E-state index contributed by atoms with van der Waals surface area (Å²) in [5, 5.41) is 0. The number of alkyl halides is 1. The summed E-state index contributed by atoms with van der Waals surface area (Å²) in [6, 6.07) is 4.87. The third-order valence-corrected chi connectivity index (χ3v) is 3.98. The number of fused-ring (bicyclic) bond motifs is 1. The first kappa shape index (κ1) is 8.39. The fraction of sp³-hybridized carbons (Fsp3) is 0.333. The van der Waals surface area contributed by atoms with Crippen molar-refractivity contribution in [2.24, 2.45) is 0 Å². The van der Waals surface area contributed by atoms with E-state index in [4.69, 9.17) is 11.6 Å². The smallest absolute Gasteiger partial charge is 0.124 e. The lowest BCUT2D eigenvalue weighted by molar-refractivity contribution is 0.622. The first-order valence-corrected chi connectivity index (χ1v) is 5.10. The zero-order chi connectivity index (χ0) is 8.72. The monoisotopic (exact) mass is 202 g/mol. The predicted octanol–water partition coefficient (Wildman–Crippen LogP) is 3.60. The van der Waals surface area contributed by atoms with Gasteiger partial charge in [0.05, 0.1) is 4.71 Å². The lowest BCUT2D eigenvalue weighted by Gasteiger charge is -2.05. The maximum absolute atomic E-state index is 12.8. The highest BCUT2D eigenvalue weighted by Gasteiger charge is 2.28. The van der Waals surface area contributed by atoms with Gasteiger partial charge in [0.15, 0.2) is 0 Å². The molecule has 1 aromatic carbocycles. The van der Waals surface area contributed by atoms with E-state index >= 15 is 0 Å². The average Bonchev–Trinajstić information content (AvgIpc) is 2.28. The molecule has 0 saturated carbocycles. The Morgan fingerprint density at radius 2 is 2.25 bits per heavy atom. The molecule has 1 aliphatic heterocycles. The Morgan fingerprint density at radius 1 is 1.50 bits per heavy atom. The van der Waals surface area contributed by atoms with Gasteiger partial charge in [-0.25, -0.2) is 4.39 Å². The predicted molar refractivity (Wildman–Crippen MR) is 50.3 cm³/mol. The van der Waals surface area contributed by atoms with Gasteiger partial charge in [0.2, 0.25) is 0 Å². The summed E-state index contributed by atoms with van der Waals surface area (Å²) in [6.07, 6.45) is 0. The van der Waals surface area contributed by atoms with Crippen LogP contribution in [0.5, 0.6) is 0 Å². The average molecular weight is 203 g/mol. The summed E-state index contributed by atoms with van der Waals surface area (Å²) < 4.78 is 12.8. The highest BCUT2D eigenvalue weighted by Crippen LogP contribution is 2.46. The molecule has 1 heterocycles. The van der Waals surface area contributed by atoms with Crippen LogP contribution in [0.1, 0.15) is 18.4 Å². The van der Waals surface area contributed by atoms with Crippen molar-refractivity contribution >= 4 is 23.4 Å². The van der Waals surface area contributed by atoms with E-state index in [1.54, 1.807) is 6.07 Å². The van der Waals surface area contributed by atoms with Crippen molar-refractivity contribution in [2.45, 2.75) is 22.4 Å². The topological polar surface area (TPSA) is 0 Å². The fourth-order valence-corrected chi connectivity index (χ4v) is 2.94. The van der Waals surface area contributed by atoms with Crippen molar-refractivity contribution in [3.8, 4) is 0 Å². The molecule has 0 nitrogen and oxygen atoms in total. The molecule has 1 aliphatic rings. The van der Waals surface area contributed by atoms with Gasteiger partial charge in [-0.3, -0.25) is 0 Å². The Balaban J connectivity index is 2.47. The number of hydrogen-bond donors (Lipinski definition) is 0. The van der Waals surface area contributed by atoms with Gasteiger partial charge in [0.1, 0.15) is 5.82 Å². The van der Waals surface area contributed by atoms with Crippen LogP contribution in [0.2, 0.25) is 0 Å². The third kappa shape index (κ3) is 1.23. The van der Waals surface area contributed by atoms with E-state index in [1.807, 2.05) is 6.07 Å². The summed E-state index contributed by atoms with van der Waals surface area (Å²) in [5.74, 6) is 0.145. The molecule has 2 unspecified atom stereocenters. The second kappa shape index (κ2) is 2.93. The summed E-state index contributed by atoms with van der Waals surface area (Å²) in [6.45, 7) is 2.06. The molecule has 12 heavy (non-hydrogen) atoms. The molecular weight excluding hydrogens is 195 g/mol. The van der Waals surface area contributed by atoms with Gasteiger partial charge >= 0.3 is 0 Å². The van der Waals surface area contributed by atoms with Crippen LogP contribution in [-0.2, 0) is 0 Å². The number of rotatable bonds is 0. The molecule has 0 aromatic heterocycles. The Morgan fingerprint density at radius 3 is 3.00 bits per heavy atom. The molecule has 0 spiro atoms. The highest BCUT2D eigenvalue weighted by molar-refractivity contribution is 8.01. The van der Waals surface area contributed by atoms with E-state index in [0.717, 1.165) is 4.90 Å². The van der Waals surface area contributed by atoms with Crippen molar-refractivity contribution in [3.63, 3.8) is 0 Å². The molecule has 0 amide bonds. The lowest BCUT2D eigenvalue weighted by atomic mass is 10.0. The van der Waals surface area contributed by atoms with Crippen molar-refractivity contribution in [3.05, 3.63) is 29.6 Å². The quantitative estimate of drug-likeness (QED) is 0.580. The van der Waals surface area contributed by atoms with Crippen LogP contribution < -0.4 is 0 Å². The molecule has 64 valence electrons. The van der Waals surface area contributed by atoms with Crippen LogP contribution in [-0.4, -0.2) is 4.71 Å². The molecule has 2 atom stereocenters. The van der Waals surface area contributed by atoms with E-state index in [2.05, 4.69) is 6.92 Å². The normalized spacial score (nSPS) is 27.2. The van der Waals surface area contributed by atoms with Gasteiger partial charge in [-0.15, -0.1) is 23.4 Å². The minimum atomic E-state index is -0.181. The maximum atomic E-state index is 12.8. The number of benzene rings is 1. The van der Waals surface area contributed by atoms with Crippen molar-refractivity contribution in [2.75, 3.05) is 0 Å². The van der Waals surface area contributed by atoms with Gasteiger partial charge < -0.3 is 0 Å². The fourth-order valence-electron chi connectivity index (χ4n) is 1.35. The van der Waals surface area contributed by atoms with Crippen LogP contribution in [0.4, 0.5) is 4.39 Å². The Bertz CT molecular complexity index is 313. The SMILES string of the molecule is CC1c2ccc(F)cc2SC1Cl. The van der Waals surface area contributed by atoms with Gasteiger partial charge in [-0.2, -0.15) is 0 Å². The first-order chi connectivity index (χ1) is 5.68. The van der Waals surface area contributed by atoms with Gasteiger partial charge in [0, 0.05) is 10.8 Å². The van der Waals surface area contributed by atoms with Gasteiger partial charge in [-0.1, -0.05) is 13.0 Å². The Hall–Kier alpha value is -0.210. The molecule has 0 bridgehead atoms. The Labute approximate surface area is 80.1 Å². The highest BCUT2D eigenvalue weighted by atomic mass is 35.5. The van der Waals surface area contributed by atoms with E-state index in [1.165, 1.54) is 23.4 Å². The van der Waals surface area contributed by atoms with Gasteiger partial charge in [-0.05, 0) is 17.7 Å². The number of thioether (sulfide) groups is 1. The molecule has 0 radical (unpaired) electrons. The molecular formula is C9H8ClFS. The summed E-state index contributed by atoms with van der Waals surface area (Å²) in [4.78, 5) is 0.988. The second-order valence-electron chi connectivity index (χ2n) is 2.94. The molecule has 0 aliphatic carbocycles. The molecule has 1 aromatic rings. The zero-order valence-electron chi connectivity index (χ0n) is 6.55. The first-order valence-electron chi connectivity index (χ1n) is 3.78. The minimum Gasteiger partial charge on any atom is -0.207 e. The van der Waals surface area contributed by atoms with E-state index in [9.17, 15) is 4.39 Å². The lowest BCUT2D eigenvalue weighted by Crippen LogP contribution is -1.96. The summed E-state index contributed by atoms with van der Waals surface area (Å²) >= 11 is 7.56. The number of halogens is 2. The van der Waals surface area contributed by atoms with Gasteiger partial charge in [0.25, 0.3) is 0 Å². The largest absolute Gasteiger partial charge is 0.207 e. The van der Waals surface area contributed by atoms with Crippen molar-refractivity contribution in [1.29, 1.82) is 0 Å². The van der Waals surface area contributed by atoms with E-state index in [0.29, 0.717) is 5.92 Å². The van der Waals surface area contributed by atoms with Crippen LogP contribution in [0.15, 0.2) is 23.1 Å². The van der Waals surface area contributed by atoms with Crippen molar-refractivity contribution < 1.29 is 4.39 Å². The van der Waals surface area contributed by atoms with Crippen LogP contribution in [0.25, 0.3) is 0 Å². The Kier molecular flexibility index (Phi) is 2.05. The molecule has 3 heteroatoms. The minimum absolute atomic E-state index is 0.0572. The third-order valence-electron chi connectivity index (χ3n) is 2.10. The molecule has 0 N–H and O–H groups in total. The zero-order valence-corrected chi connectivity index (χ0v) is 8.12. The standard InChI is InChI=1S/C9H8ClFS/c1-5-7-3-2-6(11)4-8(7)12-9(5)10/h2-5,9H,1H3.